The number of rotatable bonds is 8. The first kappa shape index (κ1) is 26.0. The number of benzene rings is 2. The van der Waals surface area contributed by atoms with Crippen LogP contribution < -0.4 is 5.32 Å². The maximum atomic E-state index is 13.9. The third kappa shape index (κ3) is 5.92. The Bertz CT molecular complexity index is 1240. The Labute approximate surface area is 204 Å². The molecule has 2 unspecified atom stereocenters. The van der Waals surface area contributed by atoms with Gasteiger partial charge in [-0.05, 0) is 76.3 Å². The third-order valence-corrected chi connectivity index (χ3v) is 6.48. The molecule has 1 aliphatic carbocycles. The highest BCUT2D eigenvalue weighted by molar-refractivity contribution is 6.24. The van der Waals surface area contributed by atoms with E-state index in [0.717, 1.165) is 0 Å². The van der Waals surface area contributed by atoms with E-state index >= 15 is 0 Å². The predicted octanol–water partition coefficient (Wildman–Crippen LogP) is 4.07. The Morgan fingerprint density at radius 3 is 2.31 bits per heavy atom. The zero-order chi connectivity index (χ0) is 25.9. The number of carbonyl (C=O) groups excluding carboxylic acids is 3. The largest absolute Gasteiger partial charge is 0.507 e. The second kappa shape index (κ2) is 10.4. The van der Waals surface area contributed by atoms with Crippen molar-refractivity contribution in [3.05, 3.63) is 87.8 Å². The fourth-order valence-corrected chi connectivity index (χ4v) is 4.47. The minimum Gasteiger partial charge on any atom is -0.507 e. The van der Waals surface area contributed by atoms with Crippen LogP contribution in [0.5, 0.6) is 5.75 Å². The van der Waals surface area contributed by atoms with E-state index in [1.54, 1.807) is 45.0 Å². The van der Waals surface area contributed by atoms with Crippen LogP contribution in [0.1, 0.15) is 50.0 Å². The number of halogens is 1. The number of nitrogens with one attached hydrogen (secondary N) is 1. The van der Waals surface area contributed by atoms with Crippen molar-refractivity contribution in [2.45, 2.75) is 46.1 Å². The summed E-state index contributed by atoms with van der Waals surface area (Å²) in [6.07, 6.45) is 0.252. The summed E-state index contributed by atoms with van der Waals surface area (Å²) in [7, 11) is 0. The molecule has 184 valence electrons. The van der Waals surface area contributed by atoms with Crippen molar-refractivity contribution in [1.82, 2.24) is 5.32 Å². The average Bonchev–Trinajstić information content (AvgIpc) is 2.80. The first-order valence-electron chi connectivity index (χ1n) is 11.4. The van der Waals surface area contributed by atoms with Crippen molar-refractivity contribution in [2.24, 2.45) is 5.92 Å². The number of amides is 1. The van der Waals surface area contributed by atoms with Crippen LogP contribution in [-0.4, -0.2) is 39.8 Å². The van der Waals surface area contributed by atoms with Crippen LogP contribution in [0.3, 0.4) is 0 Å². The molecule has 0 aromatic heterocycles. The number of ketones is 2. The molecule has 35 heavy (non-hydrogen) atoms. The molecule has 3 N–H and O–H groups in total. The molecule has 1 aliphatic rings. The van der Waals surface area contributed by atoms with Crippen molar-refractivity contribution in [3.8, 4) is 5.75 Å². The van der Waals surface area contributed by atoms with Crippen molar-refractivity contribution in [2.75, 3.05) is 6.54 Å². The molecule has 0 spiro atoms. The van der Waals surface area contributed by atoms with Gasteiger partial charge in [-0.3, -0.25) is 14.4 Å². The van der Waals surface area contributed by atoms with E-state index in [2.05, 4.69) is 5.32 Å². The fraction of sp³-hybridized carbons (Fsp3) is 0.321. The Hall–Kier alpha value is -3.58. The van der Waals surface area contributed by atoms with Gasteiger partial charge in [-0.2, -0.15) is 0 Å². The van der Waals surface area contributed by atoms with Crippen LogP contribution >= 0.6 is 0 Å². The van der Waals surface area contributed by atoms with Gasteiger partial charge in [-0.15, -0.1) is 0 Å². The summed E-state index contributed by atoms with van der Waals surface area (Å²) in [5.41, 5.74) is 0.577. The summed E-state index contributed by atoms with van der Waals surface area (Å²) in [5.74, 6) is -2.26. The number of carbonyl (C=O) groups is 3. The predicted molar refractivity (Wildman–Crippen MR) is 130 cm³/mol. The molecule has 0 saturated carbocycles. The Kier molecular flexibility index (Phi) is 7.70. The van der Waals surface area contributed by atoms with Gasteiger partial charge >= 0.3 is 0 Å². The molecule has 2 aromatic rings. The normalized spacial score (nSPS) is 16.9. The summed E-state index contributed by atoms with van der Waals surface area (Å²) in [6.45, 7) is 6.17. The monoisotopic (exact) mass is 479 g/mol. The first-order chi connectivity index (χ1) is 16.4. The minimum atomic E-state index is -1.47. The van der Waals surface area contributed by atoms with E-state index in [4.69, 9.17) is 0 Å². The van der Waals surface area contributed by atoms with Crippen LogP contribution in [0.15, 0.2) is 70.8 Å². The number of phenolic OH excluding ortho intramolecular Hbond substituents is 1. The maximum absolute atomic E-state index is 13.9. The zero-order valence-electron chi connectivity index (χ0n) is 20.3. The summed E-state index contributed by atoms with van der Waals surface area (Å²) < 4.78 is 13.9. The van der Waals surface area contributed by atoms with Gasteiger partial charge in [0.25, 0.3) is 5.91 Å². The fourth-order valence-electron chi connectivity index (χ4n) is 4.47. The third-order valence-electron chi connectivity index (χ3n) is 6.48. The number of para-hydroxylation sites is 1. The van der Waals surface area contributed by atoms with Crippen molar-refractivity contribution in [3.63, 3.8) is 0 Å². The van der Waals surface area contributed by atoms with Gasteiger partial charge < -0.3 is 15.5 Å². The number of allylic oxidation sites excluding steroid dienone is 4. The van der Waals surface area contributed by atoms with Gasteiger partial charge in [-0.1, -0.05) is 24.3 Å². The van der Waals surface area contributed by atoms with Crippen LogP contribution in [0.2, 0.25) is 0 Å². The lowest BCUT2D eigenvalue weighted by atomic mass is 9.74. The Balaban J connectivity index is 1.89. The molecular weight excluding hydrogens is 449 g/mol. The lowest BCUT2D eigenvalue weighted by Gasteiger charge is -2.32. The molecule has 7 heteroatoms. The van der Waals surface area contributed by atoms with E-state index < -0.39 is 23.2 Å². The van der Waals surface area contributed by atoms with Gasteiger partial charge in [0, 0.05) is 28.8 Å². The number of hydrogen-bond donors (Lipinski definition) is 3. The average molecular weight is 480 g/mol. The van der Waals surface area contributed by atoms with Crippen LogP contribution in [0, 0.1) is 11.7 Å². The number of hydrogen-bond acceptors (Lipinski definition) is 5. The molecule has 0 bridgehead atoms. The van der Waals surface area contributed by atoms with Gasteiger partial charge in [0.1, 0.15) is 11.6 Å². The lowest BCUT2D eigenvalue weighted by Crippen LogP contribution is -2.43. The molecule has 0 radical (unpaired) electrons. The highest BCUT2D eigenvalue weighted by atomic mass is 19.1. The molecule has 0 fully saturated rings. The van der Waals surface area contributed by atoms with E-state index in [1.165, 1.54) is 31.2 Å². The van der Waals surface area contributed by atoms with E-state index in [-0.39, 0.29) is 42.3 Å². The van der Waals surface area contributed by atoms with Crippen molar-refractivity contribution >= 4 is 17.5 Å². The highest BCUT2D eigenvalue weighted by Gasteiger charge is 2.36. The molecule has 0 aliphatic heterocycles. The molecule has 0 saturated heterocycles. The molecular formula is C28H30FNO5. The highest BCUT2D eigenvalue weighted by Crippen LogP contribution is 2.35. The second-order valence-corrected chi connectivity index (χ2v) is 9.38. The quantitative estimate of drug-likeness (QED) is 0.496. The molecule has 2 atom stereocenters. The molecule has 1 amide bonds. The SMILES string of the molecule is CC1=C(C)C(=O)C(C(Cc2cccc(F)c2)CC(C)(O)CNC(=O)c2ccccc2O)=C(C)C1=O. The van der Waals surface area contributed by atoms with Crippen LogP contribution in [0.25, 0.3) is 0 Å². The minimum absolute atomic E-state index is 0.0303. The summed E-state index contributed by atoms with van der Waals surface area (Å²) in [5, 5.41) is 23.7. The topological polar surface area (TPSA) is 104 Å². The number of aliphatic hydroxyl groups is 1. The first-order valence-corrected chi connectivity index (χ1v) is 11.4. The van der Waals surface area contributed by atoms with Crippen molar-refractivity contribution in [1.29, 1.82) is 0 Å². The summed E-state index contributed by atoms with van der Waals surface area (Å²) >= 11 is 0. The number of aromatic hydroxyl groups is 1. The van der Waals surface area contributed by atoms with Gasteiger partial charge in [0.05, 0.1) is 11.2 Å². The second-order valence-electron chi connectivity index (χ2n) is 9.38. The van der Waals surface area contributed by atoms with E-state index in [1.807, 2.05) is 0 Å². The smallest absolute Gasteiger partial charge is 0.255 e. The van der Waals surface area contributed by atoms with Crippen LogP contribution in [0.4, 0.5) is 4.39 Å². The number of phenols is 1. The Morgan fingerprint density at radius 1 is 1.00 bits per heavy atom. The summed E-state index contributed by atoms with van der Waals surface area (Å²) in [6, 6.07) is 12.0. The molecule has 6 nitrogen and oxygen atoms in total. The number of Topliss-reactive ketones (excluding diaryl/α,β-unsaturated/α-hetero) is 2. The molecule has 0 heterocycles. The Morgan fingerprint density at radius 2 is 1.66 bits per heavy atom. The van der Waals surface area contributed by atoms with Crippen LogP contribution in [-0.2, 0) is 16.0 Å². The maximum Gasteiger partial charge on any atom is 0.255 e. The van der Waals surface area contributed by atoms with Crippen molar-refractivity contribution < 1.29 is 29.0 Å². The molecule has 2 aromatic carbocycles. The van der Waals surface area contributed by atoms with Gasteiger partial charge in [0.2, 0.25) is 0 Å². The zero-order valence-corrected chi connectivity index (χ0v) is 20.3. The lowest BCUT2D eigenvalue weighted by molar-refractivity contribution is -0.117. The van der Waals surface area contributed by atoms with E-state index in [9.17, 15) is 29.0 Å². The van der Waals surface area contributed by atoms with E-state index in [0.29, 0.717) is 27.9 Å². The summed E-state index contributed by atoms with van der Waals surface area (Å²) in [4.78, 5) is 38.6. The van der Waals surface area contributed by atoms with Gasteiger partial charge in [0.15, 0.2) is 11.6 Å². The standard InChI is InChI=1S/C28H30FNO5/c1-16-17(2)26(33)24(18(3)25(16)32)20(12-19-8-7-9-21(29)13-19)14-28(4,35)15-30-27(34)22-10-5-6-11-23(22)31/h5-11,13,20,31,35H,12,14-15H2,1-4H3,(H,30,34). The molecule has 3 rings (SSSR count). The van der Waals surface area contributed by atoms with Gasteiger partial charge in [-0.25, -0.2) is 4.39 Å².